The number of hydrogen-bond acceptors (Lipinski definition) is 5. The number of rotatable bonds is 7. The molecular formula is C21H27BrN2O3. The molecule has 0 saturated carbocycles. The Bertz CT molecular complexity index is 736. The van der Waals surface area contributed by atoms with E-state index in [2.05, 4.69) is 44.3 Å². The lowest BCUT2D eigenvalue weighted by Gasteiger charge is -2.33. The zero-order chi connectivity index (χ0) is 19.2. The van der Waals surface area contributed by atoms with Gasteiger partial charge in [-0.2, -0.15) is 0 Å². The number of benzene rings is 2. The van der Waals surface area contributed by atoms with Gasteiger partial charge in [-0.05, 0) is 48.7 Å². The average Bonchev–Trinajstić information content (AvgIpc) is 2.68. The Morgan fingerprint density at radius 2 is 1.67 bits per heavy atom. The number of nitrogens with zero attached hydrogens (tertiary/aromatic N) is 1. The van der Waals surface area contributed by atoms with Crippen molar-refractivity contribution < 1.29 is 14.2 Å². The van der Waals surface area contributed by atoms with Crippen LogP contribution in [0.15, 0.2) is 40.9 Å². The highest BCUT2D eigenvalue weighted by Gasteiger charge is 2.21. The van der Waals surface area contributed by atoms with Crippen LogP contribution >= 0.6 is 15.9 Å². The van der Waals surface area contributed by atoms with E-state index in [1.165, 1.54) is 11.3 Å². The normalized spacial score (nSPS) is 15.4. The molecule has 0 spiro atoms. The first-order valence-corrected chi connectivity index (χ1v) is 9.95. The quantitative estimate of drug-likeness (QED) is 0.691. The third-order valence-corrected chi connectivity index (χ3v) is 5.41. The van der Waals surface area contributed by atoms with Gasteiger partial charge in [0.2, 0.25) is 5.75 Å². The van der Waals surface area contributed by atoms with Crippen LogP contribution in [0.1, 0.15) is 18.4 Å². The van der Waals surface area contributed by atoms with Crippen LogP contribution in [0.25, 0.3) is 0 Å². The van der Waals surface area contributed by atoms with E-state index in [1.807, 2.05) is 18.2 Å². The van der Waals surface area contributed by atoms with E-state index < -0.39 is 0 Å². The van der Waals surface area contributed by atoms with Crippen LogP contribution in [0, 0.1) is 0 Å². The van der Waals surface area contributed by atoms with E-state index in [-0.39, 0.29) is 0 Å². The Morgan fingerprint density at radius 1 is 1.00 bits per heavy atom. The van der Waals surface area contributed by atoms with Crippen LogP contribution in [0.2, 0.25) is 0 Å². The van der Waals surface area contributed by atoms with E-state index >= 15 is 0 Å². The standard InChI is InChI=1S/C21H27BrN2O3/c1-25-19-11-15(12-20(26-2)21(19)27-3)14-24-9-7-17(8-10-24)23-18-6-4-5-16(22)13-18/h4-6,11-13,17,23H,7-10,14H2,1-3H3. The van der Waals surface area contributed by atoms with Crippen molar-refractivity contribution in [3.8, 4) is 17.2 Å². The van der Waals surface area contributed by atoms with Gasteiger partial charge in [-0.25, -0.2) is 0 Å². The molecule has 1 N–H and O–H groups in total. The van der Waals surface area contributed by atoms with Crippen molar-refractivity contribution in [1.29, 1.82) is 0 Å². The summed E-state index contributed by atoms with van der Waals surface area (Å²) in [5.74, 6) is 2.05. The van der Waals surface area contributed by atoms with Gasteiger partial charge in [-0.3, -0.25) is 4.90 Å². The molecule has 0 atom stereocenters. The molecular weight excluding hydrogens is 408 g/mol. The molecule has 27 heavy (non-hydrogen) atoms. The minimum absolute atomic E-state index is 0.510. The van der Waals surface area contributed by atoms with Gasteiger partial charge in [0, 0.05) is 35.8 Å². The molecule has 3 rings (SSSR count). The molecule has 0 unspecified atom stereocenters. The lowest BCUT2D eigenvalue weighted by atomic mass is 10.0. The van der Waals surface area contributed by atoms with Gasteiger partial charge in [0.05, 0.1) is 21.3 Å². The summed E-state index contributed by atoms with van der Waals surface area (Å²) in [6, 6.07) is 12.9. The monoisotopic (exact) mass is 434 g/mol. The van der Waals surface area contributed by atoms with Gasteiger partial charge in [0.15, 0.2) is 11.5 Å². The number of ether oxygens (including phenoxy) is 3. The molecule has 0 radical (unpaired) electrons. The van der Waals surface area contributed by atoms with Crippen molar-refractivity contribution in [1.82, 2.24) is 4.90 Å². The Labute approximate surface area is 169 Å². The SMILES string of the molecule is COc1cc(CN2CCC(Nc3cccc(Br)c3)CC2)cc(OC)c1OC. The Hall–Kier alpha value is -1.92. The van der Waals surface area contributed by atoms with Gasteiger partial charge in [-0.15, -0.1) is 0 Å². The van der Waals surface area contributed by atoms with Crippen molar-refractivity contribution in [2.24, 2.45) is 0 Å². The minimum Gasteiger partial charge on any atom is -0.493 e. The van der Waals surface area contributed by atoms with Gasteiger partial charge in [-0.1, -0.05) is 22.0 Å². The summed E-state index contributed by atoms with van der Waals surface area (Å²) >= 11 is 3.53. The number of anilines is 1. The number of piperidine rings is 1. The fourth-order valence-corrected chi connectivity index (χ4v) is 3.93. The van der Waals surface area contributed by atoms with Gasteiger partial charge in [0.1, 0.15) is 0 Å². The highest BCUT2D eigenvalue weighted by Crippen LogP contribution is 2.38. The van der Waals surface area contributed by atoms with Crippen LogP contribution in [0.5, 0.6) is 17.2 Å². The highest BCUT2D eigenvalue weighted by atomic mass is 79.9. The summed E-state index contributed by atoms with van der Waals surface area (Å²) in [4.78, 5) is 2.47. The largest absolute Gasteiger partial charge is 0.493 e. The second-order valence-corrected chi connectivity index (χ2v) is 7.65. The zero-order valence-electron chi connectivity index (χ0n) is 16.1. The molecule has 1 fully saturated rings. The second-order valence-electron chi connectivity index (χ2n) is 6.74. The fourth-order valence-electron chi connectivity index (χ4n) is 3.53. The third kappa shape index (κ3) is 5.08. The minimum atomic E-state index is 0.510. The van der Waals surface area contributed by atoms with Crippen molar-refractivity contribution in [3.63, 3.8) is 0 Å². The Balaban J connectivity index is 1.59. The van der Waals surface area contributed by atoms with E-state index in [0.29, 0.717) is 23.3 Å². The first-order chi connectivity index (χ1) is 13.1. The van der Waals surface area contributed by atoms with Crippen molar-refractivity contribution in [3.05, 3.63) is 46.4 Å². The summed E-state index contributed by atoms with van der Waals surface area (Å²) < 4.78 is 17.4. The maximum absolute atomic E-state index is 5.46. The summed E-state index contributed by atoms with van der Waals surface area (Å²) in [7, 11) is 4.93. The predicted molar refractivity (Wildman–Crippen MR) is 112 cm³/mol. The van der Waals surface area contributed by atoms with E-state index in [0.717, 1.165) is 36.9 Å². The molecule has 2 aromatic carbocycles. The molecule has 1 aliphatic rings. The zero-order valence-corrected chi connectivity index (χ0v) is 17.7. The number of halogens is 1. The summed E-state index contributed by atoms with van der Waals surface area (Å²) in [5, 5.41) is 3.64. The van der Waals surface area contributed by atoms with E-state index in [9.17, 15) is 0 Å². The molecule has 0 aromatic heterocycles. The van der Waals surface area contributed by atoms with Crippen molar-refractivity contribution in [2.75, 3.05) is 39.7 Å². The molecule has 146 valence electrons. The molecule has 1 heterocycles. The first-order valence-electron chi connectivity index (χ1n) is 9.16. The average molecular weight is 435 g/mol. The second kappa shape index (κ2) is 9.33. The lowest BCUT2D eigenvalue weighted by molar-refractivity contribution is 0.210. The van der Waals surface area contributed by atoms with Crippen LogP contribution in [-0.4, -0.2) is 45.4 Å². The Kier molecular flexibility index (Phi) is 6.85. The maximum atomic E-state index is 5.46. The molecule has 1 aliphatic heterocycles. The topological polar surface area (TPSA) is 43.0 Å². The summed E-state index contributed by atoms with van der Waals surface area (Å²) in [6.45, 7) is 2.99. The van der Waals surface area contributed by atoms with Gasteiger partial charge in [0.25, 0.3) is 0 Å². The number of hydrogen-bond donors (Lipinski definition) is 1. The maximum Gasteiger partial charge on any atom is 0.203 e. The molecule has 0 aliphatic carbocycles. The van der Waals surface area contributed by atoms with Crippen molar-refractivity contribution >= 4 is 21.6 Å². The molecule has 2 aromatic rings. The lowest BCUT2D eigenvalue weighted by Crippen LogP contribution is -2.38. The Morgan fingerprint density at radius 3 is 2.22 bits per heavy atom. The van der Waals surface area contributed by atoms with Crippen LogP contribution in [-0.2, 0) is 6.54 Å². The summed E-state index contributed by atoms with van der Waals surface area (Å²) in [6.07, 6.45) is 2.24. The van der Waals surface area contributed by atoms with E-state index in [1.54, 1.807) is 21.3 Å². The first kappa shape index (κ1) is 19.8. The smallest absolute Gasteiger partial charge is 0.203 e. The highest BCUT2D eigenvalue weighted by molar-refractivity contribution is 9.10. The summed E-state index contributed by atoms with van der Waals surface area (Å²) in [5.41, 5.74) is 2.34. The number of nitrogens with one attached hydrogen (secondary N) is 1. The van der Waals surface area contributed by atoms with Crippen LogP contribution in [0.3, 0.4) is 0 Å². The fraction of sp³-hybridized carbons (Fsp3) is 0.429. The van der Waals surface area contributed by atoms with Crippen LogP contribution < -0.4 is 19.5 Å². The molecule has 1 saturated heterocycles. The third-order valence-electron chi connectivity index (χ3n) is 4.91. The molecule has 0 bridgehead atoms. The van der Waals surface area contributed by atoms with Gasteiger partial charge >= 0.3 is 0 Å². The number of methoxy groups -OCH3 is 3. The van der Waals surface area contributed by atoms with E-state index in [4.69, 9.17) is 14.2 Å². The molecule has 5 nitrogen and oxygen atoms in total. The van der Waals surface area contributed by atoms with Crippen molar-refractivity contribution in [2.45, 2.75) is 25.4 Å². The van der Waals surface area contributed by atoms with Gasteiger partial charge < -0.3 is 19.5 Å². The predicted octanol–water partition coefficient (Wildman–Crippen LogP) is 4.55. The number of likely N-dealkylation sites (tertiary alicyclic amines) is 1. The molecule has 6 heteroatoms. The van der Waals surface area contributed by atoms with Crippen LogP contribution in [0.4, 0.5) is 5.69 Å². The molecule has 0 amide bonds.